The summed E-state index contributed by atoms with van der Waals surface area (Å²) in [6.45, 7) is 2.29. The Morgan fingerprint density at radius 2 is 1.79 bits per heavy atom. The third-order valence-corrected chi connectivity index (χ3v) is 5.71. The zero-order valence-electron chi connectivity index (χ0n) is 16.0. The molecule has 2 aliphatic heterocycles. The number of carbonyl (C=O) groups excluding carboxylic acids is 3. The van der Waals surface area contributed by atoms with E-state index >= 15 is 0 Å². The number of fused-ring (bicyclic) bond motifs is 1. The first-order valence-corrected chi connectivity index (χ1v) is 9.84. The van der Waals surface area contributed by atoms with Crippen molar-refractivity contribution in [3.8, 4) is 0 Å². The quantitative estimate of drug-likeness (QED) is 0.719. The summed E-state index contributed by atoms with van der Waals surface area (Å²) in [7, 11) is 0. The SMILES string of the molecule is O=C(c1ccc(F)cc1)C1CCN(CCN2C(=O)N=C3C=CC=CC3C2=O)CC1. The normalized spacial score (nSPS) is 22.6. The average Bonchev–Trinajstić information content (AvgIpc) is 2.74. The van der Waals surface area contributed by atoms with Crippen LogP contribution in [0.1, 0.15) is 23.2 Å². The highest BCUT2D eigenvalue weighted by Crippen LogP contribution is 2.23. The minimum Gasteiger partial charge on any atom is -0.302 e. The molecule has 0 radical (unpaired) electrons. The van der Waals surface area contributed by atoms with E-state index in [9.17, 15) is 18.8 Å². The summed E-state index contributed by atoms with van der Waals surface area (Å²) in [4.78, 5) is 44.8. The van der Waals surface area contributed by atoms with Crippen LogP contribution in [0.4, 0.5) is 9.18 Å². The molecule has 0 aromatic heterocycles. The zero-order chi connectivity index (χ0) is 20.4. The number of nitrogens with zero attached hydrogens (tertiary/aromatic N) is 3. The van der Waals surface area contributed by atoms with Crippen molar-refractivity contribution in [2.75, 3.05) is 26.2 Å². The van der Waals surface area contributed by atoms with E-state index in [4.69, 9.17) is 0 Å². The molecule has 1 aromatic carbocycles. The summed E-state index contributed by atoms with van der Waals surface area (Å²) < 4.78 is 13.0. The van der Waals surface area contributed by atoms with Gasteiger partial charge in [0.25, 0.3) is 0 Å². The number of urea groups is 1. The van der Waals surface area contributed by atoms with Crippen molar-refractivity contribution >= 4 is 23.4 Å². The van der Waals surface area contributed by atoms with Gasteiger partial charge in [0.05, 0.1) is 11.6 Å². The highest BCUT2D eigenvalue weighted by atomic mass is 19.1. The lowest BCUT2D eigenvalue weighted by Gasteiger charge is -2.34. The molecule has 1 atom stereocenters. The van der Waals surface area contributed by atoms with Gasteiger partial charge in [-0.25, -0.2) is 9.18 Å². The van der Waals surface area contributed by atoms with Crippen LogP contribution in [-0.2, 0) is 4.79 Å². The van der Waals surface area contributed by atoms with Gasteiger partial charge in [0.2, 0.25) is 5.91 Å². The van der Waals surface area contributed by atoms with Crippen molar-refractivity contribution in [2.24, 2.45) is 16.8 Å². The fourth-order valence-corrected chi connectivity index (χ4v) is 4.00. The molecule has 150 valence electrons. The lowest BCUT2D eigenvalue weighted by Crippen LogP contribution is -2.49. The molecular formula is C22H22FN3O3. The summed E-state index contributed by atoms with van der Waals surface area (Å²) in [5.74, 6) is -1.10. The molecule has 3 aliphatic rings. The van der Waals surface area contributed by atoms with Gasteiger partial charge in [-0.3, -0.25) is 14.5 Å². The number of carbonyl (C=O) groups is 3. The van der Waals surface area contributed by atoms with E-state index in [-0.39, 0.29) is 23.4 Å². The Hall–Kier alpha value is -2.93. The van der Waals surface area contributed by atoms with E-state index in [1.54, 1.807) is 24.3 Å². The number of amides is 3. The zero-order valence-corrected chi connectivity index (χ0v) is 16.0. The standard InChI is InChI=1S/C22H22FN3O3/c23-17-7-5-15(6-8-17)20(27)16-9-11-25(12-10-16)13-14-26-21(28)18-3-1-2-4-19(18)24-22(26)29/h1-8,16,18H,9-14H2. The molecule has 29 heavy (non-hydrogen) atoms. The number of hydrogen-bond acceptors (Lipinski definition) is 4. The van der Waals surface area contributed by atoms with E-state index in [1.807, 2.05) is 0 Å². The average molecular weight is 395 g/mol. The van der Waals surface area contributed by atoms with Crippen LogP contribution in [0.5, 0.6) is 0 Å². The second kappa shape index (κ2) is 8.21. The molecule has 3 amide bonds. The molecule has 1 aromatic rings. The molecule has 1 fully saturated rings. The first kappa shape index (κ1) is 19.4. The number of hydrogen-bond donors (Lipinski definition) is 0. The molecule has 1 aliphatic carbocycles. The van der Waals surface area contributed by atoms with Gasteiger partial charge in [0.1, 0.15) is 5.82 Å². The van der Waals surface area contributed by atoms with Gasteiger partial charge in [-0.05, 0) is 56.3 Å². The van der Waals surface area contributed by atoms with Crippen molar-refractivity contribution < 1.29 is 18.8 Å². The largest absolute Gasteiger partial charge is 0.350 e. The molecule has 0 saturated carbocycles. The van der Waals surface area contributed by atoms with Crippen molar-refractivity contribution in [2.45, 2.75) is 12.8 Å². The second-order valence-corrected chi connectivity index (χ2v) is 7.52. The van der Waals surface area contributed by atoms with Crippen molar-refractivity contribution in [3.63, 3.8) is 0 Å². The lowest BCUT2D eigenvalue weighted by molar-refractivity contribution is -0.129. The minimum atomic E-state index is -0.512. The number of Topliss-reactive ketones (excluding diaryl/α,β-unsaturated/α-hetero) is 1. The van der Waals surface area contributed by atoms with Gasteiger partial charge >= 0.3 is 6.03 Å². The summed E-state index contributed by atoms with van der Waals surface area (Å²) in [5, 5.41) is 0. The molecule has 0 N–H and O–H groups in total. The first-order valence-electron chi connectivity index (χ1n) is 9.84. The van der Waals surface area contributed by atoms with Crippen LogP contribution in [0.2, 0.25) is 0 Å². The number of allylic oxidation sites excluding steroid dienone is 3. The molecule has 0 spiro atoms. The minimum absolute atomic E-state index is 0.0463. The van der Waals surface area contributed by atoms with E-state index < -0.39 is 11.9 Å². The van der Waals surface area contributed by atoms with Crippen LogP contribution in [-0.4, -0.2) is 59.4 Å². The number of piperidine rings is 1. The third-order valence-electron chi connectivity index (χ3n) is 5.71. The van der Waals surface area contributed by atoms with Crippen LogP contribution in [0.3, 0.4) is 0 Å². The van der Waals surface area contributed by atoms with Gasteiger partial charge in [0, 0.05) is 24.6 Å². The predicted octanol–water partition coefficient (Wildman–Crippen LogP) is 2.87. The number of ketones is 1. The van der Waals surface area contributed by atoms with Crippen molar-refractivity contribution in [1.29, 1.82) is 0 Å². The Morgan fingerprint density at radius 1 is 1.07 bits per heavy atom. The number of likely N-dealkylation sites (tertiary alicyclic amines) is 1. The van der Waals surface area contributed by atoms with Gasteiger partial charge in [0.15, 0.2) is 5.78 Å². The molecule has 0 bridgehead atoms. The van der Waals surface area contributed by atoms with Crippen molar-refractivity contribution in [1.82, 2.24) is 9.80 Å². The number of imide groups is 1. The highest BCUT2D eigenvalue weighted by Gasteiger charge is 2.36. The second-order valence-electron chi connectivity index (χ2n) is 7.52. The molecule has 2 heterocycles. The van der Waals surface area contributed by atoms with Crippen LogP contribution in [0.25, 0.3) is 0 Å². The number of benzene rings is 1. The number of rotatable bonds is 5. The highest BCUT2D eigenvalue weighted by molar-refractivity contribution is 6.21. The Labute approximate surface area is 168 Å². The Kier molecular flexibility index (Phi) is 5.49. The molecule has 6 nitrogen and oxygen atoms in total. The van der Waals surface area contributed by atoms with Gasteiger partial charge in [-0.2, -0.15) is 4.99 Å². The Balaban J connectivity index is 1.29. The Morgan fingerprint density at radius 3 is 2.52 bits per heavy atom. The van der Waals surface area contributed by atoms with E-state index in [2.05, 4.69) is 9.89 Å². The molecule has 4 rings (SSSR count). The monoisotopic (exact) mass is 395 g/mol. The summed E-state index contributed by atoms with van der Waals surface area (Å²) >= 11 is 0. The van der Waals surface area contributed by atoms with Gasteiger partial charge in [-0.1, -0.05) is 18.2 Å². The smallest absolute Gasteiger partial charge is 0.302 e. The van der Waals surface area contributed by atoms with Gasteiger partial charge in [-0.15, -0.1) is 0 Å². The third kappa shape index (κ3) is 4.10. The maximum Gasteiger partial charge on any atom is 0.350 e. The number of halogens is 1. The fourth-order valence-electron chi connectivity index (χ4n) is 4.00. The van der Waals surface area contributed by atoms with Crippen LogP contribution in [0.15, 0.2) is 53.6 Å². The molecule has 1 saturated heterocycles. The predicted molar refractivity (Wildman–Crippen MR) is 106 cm³/mol. The maximum absolute atomic E-state index is 13.0. The van der Waals surface area contributed by atoms with E-state index in [1.165, 1.54) is 29.2 Å². The topological polar surface area (TPSA) is 70.1 Å². The van der Waals surface area contributed by atoms with Crippen LogP contribution in [0, 0.1) is 17.7 Å². The van der Waals surface area contributed by atoms with Crippen LogP contribution < -0.4 is 0 Å². The van der Waals surface area contributed by atoms with Crippen LogP contribution >= 0.6 is 0 Å². The molecular weight excluding hydrogens is 373 g/mol. The van der Waals surface area contributed by atoms with E-state index in [0.717, 1.165) is 0 Å². The van der Waals surface area contributed by atoms with E-state index in [0.29, 0.717) is 50.3 Å². The first-order chi connectivity index (χ1) is 14.0. The summed E-state index contributed by atoms with van der Waals surface area (Å²) in [5.41, 5.74) is 1.04. The fraction of sp³-hybridized carbons (Fsp3) is 0.364. The van der Waals surface area contributed by atoms with Gasteiger partial charge < -0.3 is 4.90 Å². The summed E-state index contributed by atoms with van der Waals surface area (Å²) in [6.07, 6.45) is 8.42. The number of aliphatic imine (C=N–C) groups is 1. The maximum atomic E-state index is 13.0. The lowest BCUT2D eigenvalue weighted by atomic mass is 9.89. The molecule has 7 heteroatoms. The Bertz CT molecular complexity index is 912. The summed E-state index contributed by atoms with van der Waals surface area (Å²) in [6, 6.07) is 5.16. The van der Waals surface area contributed by atoms with Crippen molar-refractivity contribution in [3.05, 3.63) is 60.0 Å². The molecule has 1 unspecified atom stereocenters.